The molecule has 0 radical (unpaired) electrons. The van der Waals surface area contributed by atoms with Crippen LogP contribution in [0.4, 0.5) is 11.6 Å². The van der Waals surface area contributed by atoms with Crippen LogP contribution in [0.1, 0.15) is 12.5 Å². The summed E-state index contributed by atoms with van der Waals surface area (Å²) in [7, 11) is 3.00. The minimum absolute atomic E-state index is 0.0938. The topological polar surface area (TPSA) is 132 Å². The number of anilines is 1. The fraction of sp³-hybridized carbons (Fsp3) is 0.273. The van der Waals surface area contributed by atoms with Gasteiger partial charge in [0.1, 0.15) is 23.6 Å². The van der Waals surface area contributed by atoms with Gasteiger partial charge in [-0.25, -0.2) is 9.55 Å². The predicted octanol–water partition coefficient (Wildman–Crippen LogP) is 0.559. The average molecular weight is 289 g/mol. The summed E-state index contributed by atoms with van der Waals surface area (Å²) >= 11 is 0. The van der Waals surface area contributed by atoms with Crippen LogP contribution >= 0.6 is 0 Å². The van der Waals surface area contributed by atoms with Crippen molar-refractivity contribution in [2.45, 2.75) is 6.92 Å². The van der Waals surface area contributed by atoms with Crippen LogP contribution in [0.25, 0.3) is 11.5 Å². The summed E-state index contributed by atoms with van der Waals surface area (Å²) < 4.78 is 2.54. The van der Waals surface area contributed by atoms with Gasteiger partial charge in [-0.05, 0) is 4.92 Å². The van der Waals surface area contributed by atoms with E-state index in [1.807, 2.05) is 6.07 Å². The molecule has 2 aromatic rings. The first-order valence-corrected chi connectivity index (χ1v) is 5.78. The Kier molecular flexibility index (Phi) is 3.41. The Bertz CT molecular complexity index is 781. The van der Waals surface area contributed by atoms with Crippen molar-refractivity contribution in [3.63, 3.8) is 0 Å². The van der Waals surface area contributed by atoms with Crippen LogP contribution in [0.3, 0.4) is 0 Å². The molecular formula is C11H11N7O3. The molecule has 0 spiro atoms. The van der Waals surface area contributed by atoms with Crippen LogP contribution in [0.5, 0.6) is 0 Å². The van der Waals surface area contributed by atoms with Crippen molar-refractivity contribution < 1.29 is 9.72 Å². The molecule has 0 atom stereocenters. The molecule has 0 fully saturated rings. The van der Waals surface area contributed by atoms with Gasteiger partial charge in [0.15, 0.2) is 5.69 Å². The van der Waals surface area contributed by atoms with Crippen molar-refractivity contribution in [2.24, 2.45) is 14.1 Å². The number of hydrogen-bond donors (Lipinski definition) is 1. The molecule has 0 saturated heterocycles. The zero-order chi connectivity index (χ0) is 15.7. The molecule has 2 heterocycles. The zero-order valence-corrected chi connectivity index (χ0v) is 11.5. The summed E-state index contributed by atoms with van der Waals surface area (Å²) in [6.07, 6.45) is 1.09. The Hall–Kier alpha value is -3.22. The molecule has 0 unspecified atom stereocenters. The molecule has 0 aromatic carbocycles. The third kappa shape index (κ3) is 2.32. The number of hydrogen-bond acceptors (Lipinski definition) is 6. The van der Waals surface area contributed by atoms with Gasteiger partial charge in [-0.2, -0.15) is 10.4 Å². The maximum absolute atomic E-state index is 11.2. The molecule has 108 valence electrons. The van der Waals surface area contributed by atoms with Gasteiger partial charge in [0.05, 0.1) is 7.05 Å². The number of nitro groups is 1. The number of nitrogens with one attached hydrogen (secondary N) is 1. The smallest absolute Gasteiger partial charge is 0.342 e. The van der Waals surface area contributed by atoms with Gasteiger partial charge in [0.2, 0.25) is 5.91 Å². The molecule has 0 saturated carbocycles. The van der Waals surface area contributed by atoms with E-state index in [9.17, 15) is 20.2 Å². The van der Waals surface area contributed by atoms with Crippen molar-refractivity contribution in [1.82, 2.24) is 19.3 Å². The van der Waals surface area contributed by atoms with Gasteiger partial charge in [-0.3, -0.25) is 9.48 Å². The lowest BCUT2D eigenvalue weighted by Crippen LogP contribution is -2.10. The highest BCUT2D eigenvalue weighted by Crippen LogP contribution is 2.28. The number of nitrogens with zero attached hydrogens (tertiary/aromatic N) is 6. The molecule has 0 aliphatic rings. The summed E-state index contributed by atoms with van der Waals surface area (Å²) in [5.74, 6) is -0.191. The van der Waals surface area contributed by atoms with E-state index >= 15 is 0 Å². The lowest BCUT2D eigenvalue weighted by atomic mass is 10.2. The molecule has 2 rings (SSSR count). The number of rotatable bonds is 3. The van der Waals surface area contributed by atoms with E-state index in [1.165, 1.54) is 23.2 Å². The van der Waals surface area contributed by atoms with Crippen LogP contribution < -0.4 is 5.32 Å². The standard InChI is InChI=1S/C11H11N7O3/c1-6(19)14-10-7(4-12)9(15-17(10)3)11-13-5-8(16(11)2)18(20)21/h5H,1-3H3,(H,14,19). The van der Waals surface area contributed by atoms with Gasteiger partial charge in [-0.15, -0.1) is 0 Å². The number of imidazole rings is 1. The number of aryl methyl sites for hydroxylation is 1. The van der Waals surface area contributed by atoms with Crippen LogP contribution in [0, 0.1) is 21.4 Å². The van der Waals surface area contributed by atoms with E-state index in [0.717, 1.165) is 6.20 Å². The first-order chi connectivity index (χ1) is 9.86. The molecule has 0 aliphatic heterocycles. The third-order valence-corrected chi connectivity index (χ3v) is 2.82. The van der Waals surface area contributed by atoms with Gasteiger partial charge in [0.25, 0.3) is 5.82 Å². The monoisotopic (exact) mass is 289 g/mol. The second-order valence-corrected chi connectivity index (χ2v) is 4.24. The van der Waals surface area contributed by atoms with Crippen LogP contribution in [-0.4, -0.2) is 30.2 Å². The molecule has 0 aliphatic carbocycles. The summed E-state index contributed by atoms with van der Waals surface area (Å²) in [5.41, 5.74) is 0.260. The number of aromatic nitrogens is 4. The highest BCUT2D eigenvalue weighted by atomic mass is 16.6. The Morgan fingerprint density at radius 1 is 1.52 bits per heavy atom. The van der Waals surface area contributed by atoms with Gasteiger partial charge < -0.3 is 15.4 Å². The average Bonchev–Trinajstić information content (AvgIpc) is 2.90. The predicted molar refractivity (Wildman–Crippen MR) is 71.1 cm³/mol. The van der Waals surface area contributed by atoms with Gasteiger partial charge in [0, 0.05) is 14.0 Å². The molecule has 10 heteroatoms. The number of carbonyl (C=O) groups excluding carboxylic acids is 1. The number of amides is 1. The summed E-state index contributed by atoms with van der Waals surface area (Å²) in [5, 5.41) is 26.7. The SMILES string of the molecule is CC(=O)Nc1c(C#N)c(-c2ncc([N+](=O)[O-])n2C)nn1C. The maximum atomic E-state index is 11.2. The summed E-state index contributed by atoms with van der Waals surface area (Å²) in [4.78, 5) is 25.4. The maximum Gasteiger partial charge on any atom is 0.342 e. The Balaban J connectivity index is 2.63. The Morgan fingerprint density at radius 3 is 2.67 bits per heavy atom. The molecule has 10 nitrogen and oxygen atoms in total. The first-order valence-electron chi connectivity index (χ1n) is 5.78. The van der Waals surface area contributed by atoms with Crippen molar-refractivity contribution in [1.29, 1.82) is 5.26 Å². The van der Waals surface area contributed by atoms with Gasteiger partial charge in [-0.1, -0.05) is 0 Å². The van der Waals surface area contributed by atoms with E-state index in [-0.39, 0.29) is 34.6 Å². The van der Waals surface area contributed by atoms with E-state index in [1.54, 1.807) is 7.05 Å². The number of nitriles is 1. The van der Waals surface area contributed by atoms with E-state index in [4.69, 9.17) is 0 Å². The van der Waals surface area contributed by atoms with Crippen LogP contribution in [-0.2, 0) is 18.9 Å². The van der Waals surface area contributed by atoms with Crippen molar-refractivity contribution in [3.05, 3.63) is 21.9 Å². The molecule has 0 bridgehead atoms. The molecule has 2 aromatic heterocycles. The molecule has 1 amide bonds. The second-order valence-electron chi connectivity index (χ2n) is 4.24. The van der Waals surface area contributed by atoms with Crippen molar-refractivity contribution in [2.75, 3.05) is 5.32 Å². The fourth-order valence-electron chi connectivity index (χ4n) is 1.89. The number of carbonyl (C=O) groups is 1. The van der Waals surface area contributed by atoms with Crippen molar-refractivity contribution >= 4 is 17.5 Å². The van der Waals surface area contributed by atoms with Crippen molar-refractivity contribution in [3.8, 4) is 17.6 Å². The second kappa shape index (κ2) is 5.04. The van der Waals surface area contributed by atoms with E-state index in [2.05, 4.69) is 15.4 Å². The van der Waals surface area contributed by atoms with E-state index < -0.39 is 4.92 Å². The normalized spacial score (nSPS) is 10.2. The van der Waals surface area contributed by atoms with E-state index in [0.29, 0.717) is 0 Å². The lowest BCUT2D eigenvalue weighted by Gasteiger charge is -2.01. The molecule has 1 N–H and O–H groups in total. The largest absolute Gasteiger partial charge is 0.358 e. The lowest BCUT2D eigenvalue weighted by molar-refractivity contribution is -0.391. The minimum Gasteiger partial charge on any atom is -0.358 e. The summed E-state index contributed by atoms with van der Waals surface area (Å²) in [6.45, 7) is 1.30. The summed E-state index contributed by atoms with van der Waals surface area (Å²) in [6, 6.07) is 1.93. The minimum atomic E-state index is -0.583. The Morgan fingerprint density at radius 2 is 2.19 bits per heavy atom. The van der Waals surface area contributed by atoms with Crippen LogP contribution in [0.2, 0.25) is 0 Å². The van der Waals surface area contributed by atoms with Gasteiger partial charge >= 0.3 is 5.82 Å². The fourth-order valence-corrected chi connectivity index (χ4v) is 1.89. The quantitative estimate of drug-likeness (QED) is 0.648. The zero-order valence-electron chi connectivity index (χ0n) is 11.5. The molecular weight excluding hydrogens is 278 g/mol. The van der Waals surface area contributed by atoms with Crippen LogP contribution in [0.15, 0.2) is 6.20 Å². The highest BCUT2D eigenvalue weighted by Gasteiger charge is 2.26. The Labute approximate surface area is 118 Å². The highest BCUT2D eigenvalue weighted by molar-refractivity contribution is 5.90. The first kappa shape index (κ1) is 14.2. The molecule has 21 heavy (non-hydrogen) atoms. The third-order valence-electron chi connectivity index (χ3n) is 2.82.